The van der Waals surface area contributed by atoms with Gasteiger partial charge in [0.05, 0.1) is 6.61 Å². The van der Waals surface area contributed by atoms with Gasteiger partial charge in [0.2, 0.25) is 0 Å². The summed E-state index contributed by atoms with van der Waals surface area (Å²) in [5, 5.41) is 9.30. The first kappa shape index (κ1) is 13.5. The molecule has 6 nitrogen and oxygen atoms in total. The number of rotatable bonds is 3. The fraction of sp³-hybridized carbons (Fsp3) is 0.375. The van der Waals surface area contributed by atoms with Crippen molar-refractivity contribution in [2.75, 3.05) is 6.61 Å². The first-order valence-corrected chi connectivity index (χ1v) is 7.33. The molecule has 2 bridgehead atoms. The van der Waals surface area contributed by atoms with Gasteiger partial charge < -0.3 is 14.6 Å². The van der Waals surface area contributed by atoms with Crippen molar-refractivity contribution in [1.82, 2.24) is 9.55 Å². The van der Waals surface area contributed by atoms with Crippen LogP contribution in [0.4, 0.5) is 0 Å². The van der Waals surface area contributed by atoms with E-state index in [0.29, 0.717) is 18.4 Å². The van der Waals surface area contributed by atoms with Gasteiger partial charge in [-0.05, 0) is 5.56 Å². The average Bonchev–Trinajstić information content (AvgIpc) is 2.87. The summed E-state index contributed by atoms with van der Waals surface area (Å²) in [6.45, 7) is -0.100. The van der Waals surface area contributed by atoms with Gasteiger partial charge in [-0.3, -0.25) is 9.36 Å². The van der Waals surface area contributed by atoms with Gasteiger partial charge in [-0.2, -0.15) is 4.98 Å². The molecule has 3 atom stereocenters. The van der Waals surface area contributed by atoms with E-state index in [1.165, 1.54) is 0 Å². The van der Waals surface area contributed by atoms with Gasteiger partial charge in [0.25, 0.3) is 5.56 Å². The summed E-state index contributed by atoms with van der Waals surface area (Å²) in [5.74, 6) is 0. The zero-order valence-electron chi connectivity index (χ0n) is 11.9. The molecule has 4 rings (SSSR count). The van der Waals surface area contributed by atoms with E-state index in [-0.39, 0.29) is 36.6 Å². The number of hydrogen-bond donors (Lipinski definition) is 1. The molecule has 3 heterocycles. The van der Waals surface area contributed by atoms with E-state index in [9.17, 15) is 9.90 Å². The number of hydrogen-bond acceptors (Lipinski definition) is 5. The summed E-state index contributed by atoms with van der Waals surface area (Å²) < 4.78 is 13.2. The molecule has 6 heteroatoms. The van der Waals surface area contributed by atoms with E-state index in [1.807, 2.05) is 30.3 Å². The van der Waals surface area contributed by atoms with Gasteiger partial charge in [-0.1, -0.05) is 30.3 Å². The third-order valence-electron chi connectivity index (χ3n) is 4.15. The summed E-state index contributed by atoms with van der Waals surface area (Å²) in [6, 6.07) is 10.1. The first-order chi connectivity index (χ1) is 10.7. The summed E-state index contributed by atoms with van der Waals surface area (Å²) in [7, 11) is 0. The molecule has 2 aromatic rings. The molecule has 0 spiro atoms. The van der Waals surface area contributed by atoms with Crippen molar-refractivity contribution < 1.29 is 14.6 Å². The number of fused-ring (bicyclic) bond motifs is 4. The predicted octanol–water partition coefficient (Wildman–Crippen LogP) is 0.875. The number of aliphatic hydroxyl groups excluding tert-OH is 1. The van der Waals surface area contributed by atoms with Gasteiger partial charge in [0.15, 0.2) is 0 Å². The van der Waals surface area contributed by atoms with Crippen LogP contribution >= 0.6 is 0 Å². The van der Waals surface area contributed by atoms with Crippen LogP contribution in [0.3, 0.4) is 0 Å². The monoisotopic (exact) mass is 300 g/mol. The minimum absolute atomic E-state index is 0.100. The standard InChI is InChI=1S/C16H16N2O4/c19-9-13-12-7-14(21-13)18-8-11(15(20)17-16(18)22-12)6-10-4-2-1-3-5-10/h1-5,8,12-14,19H,6-7,9H2/t12-,13+,14+/m0/s1. The molecule has 1 saturated heterocycles. The van der Waals surface area contributed by atoms with Crippen molar-refractivity contribution >= 4 is 0 Å². The lowest BCUT2D eigenvalue weighted by atomic mass is 10.1. The molecule has 22 heavy (non-hydrogen) atoms. The Balaban J connectivity index is 1.69. The largest absolute Gasteiger partial charge is 0.458 e. The molecule has 2 aliphatic rings. The minimum Gasteiger partial charge on any atom is -0.458 e. The molecule has 0 saturated carbocycles. The lowest BCUT2D eigenvalue weighted by Crippen LogP contribution is -2.33. The minimum atomic E-state index is -0.362. The fourth-order valence-corrected chi connectivity index (χ4v) is 3.02. The van der Waals surface area contributed by atoms with Crippen LogP contribution in [0.2, 0.25) is 0 Å². The van der Waals surface area contributed by atoms with E-state index in [0.717, 1.165) is 5.56 Å². The van der Waals surface area contributed by atoms with E-state index >= 15 is 0 Å². The maximum Gasteiger partial charge on any atom is 0.302 e. The first-order valence-electron chi connectivity index (χ1n) is 7.33. The van der Waals surface area contributed by atoms with Crippen LogP contribution in [-0.2, 0) is 11.2 Å². The number of nitrogens with zero attached hydrogens (tertiary/aromatic N) is 2. The zero-order chi connectivity index (χ0) is 15.1. The van der Waals surface area contributed by atoms with E-state index in [1.54, 1.807) is 10.8 Å². The molecule has 1 aromatic heterocycles. The average molecular weight is 300 g/mol. The lowest BCUT2D eigenvalue weighted by Gasteiger charge is -2.24. The normalized spacial score (nSPS) is 25.6. The van der Waals surface area contributed by atoms with Crippen molar-refractivity contribution in [2.24, 2.45) is 0 Å². The molecule has 2 aliphatic heterocycles. The molecule has 0 amide bonds. The van der Waals surface area contributed by atoms with E-state index in [4.69, 9.17) is 9.47 Å². The van der Waals surface area contributed by atoms with Gasteiger partial charge in [-0.25, -0.2) is 0 Å². The highest BCUT2D eigenvalue weighted by Gasteiger charge is 2.42. The van der Waals surface area contributed by atoms with Crippen molar-refractivity contribution in [3.8, 4) is 6.01 Å². The van der Waals surface area contributed by atoms with Crippen LogP contribution < -0.4 is 10.3 Å². The van der Waals surface area contributed by atoms with Gasteiger partial charge in [-0.15, -0.1) is 0 Å². The van der Waals surface area contributed by atoms with Gasteiger partial charge in [0, 0.05) is 24.6 Å². The molecule has 0 unspecified atom stereocenters. The molecule has 114 valence electrons. The molecule has 1 aromatic carbocycles. The second-order valence-electron chi connectivity index (χ2n) is 5.63. The Labute approximate surface area is 126 Å². The Morgan fingerprint density at radius 3 is 2.91 bits per heavy atom. The topological polar surface area (TPSA) is 73.6 Å². The molecule has 1 N–H and O–H groups in total. The fourth-order valence-electron chi connectivity index (χ4n) is 3.02. The second-order valence-corrected chi connectivity index (χ2v) is 5.63. The smallest absolute Gasteiger partial charge is 0.302 e. The van der Waals surface area contributed by atoms with Crippen molar-refractivity contribution in [1.29, 1.82) is 0 Å². The van der Waals surface area contributed by atoms with E-state index in [2.05, 4.69) is 4.98 Å². The molecule has 0 aliphatic carbocycles. The third kappa shape index (κ3) is 2.20. The number of benzene rings is 1. The number of aliphatic hydroxyl groups is 1. The van der Waals surface area contributed by atoms with Crippen LogP contribution in [0.5, 0.6) is 6.01 Å². The quantitative estimate of drug-likeness (QED) is 0.910. The SMILES string of the molecule is O=c1nc2n(cc1Cc1ccccc1)[C@H]1C[C@H](O2)[C@@H](CO)O1. The Morgan fingerprint density at radius 2 is 2.14 bits per heavy atom. The Kier molecular flexibility index (Phi) is 3.20. The van der Waals surface area contributed by atoms with Crippen LogP contribution in [0.15, 0.2) is 41.3 Å². The van der Waals surface area contributed by atoms with Gasteiger partial charge in [0.1, 0.15) is 18.4 Å². The van der Waals surface area contributed by atoms with Crippen LogP contribution in [0.25, 0.3) is 0 Å². The maximum absolute atomic E-state index is 12.2. The molecular weight excluding hydrogens is 284 g/mol. The van der Waals surface area contributed by atoms with Crippen LogP contribution in [0.1, 0.15) is 23.8 Å². The lowest BCUT2D eigenvalue weighted by molar-refractivity contribution is -0.0247. The summed E-state index contributed by atoms with van der Waals surface area (Å²) in [4.78, 5) is 16.2. The third-order valence-corrected chi connectivity index (χ3v) is 4.15. The summed E-state index contributed by atoms with van der Waals surface area (Å²) in [5.41, 5.74) is 1.38. The van der Waals surface area contributed by atoms with Crippen LogP contribution in [-0.4, -0.2) is 33.5 Å². The predicted molar refractivity (Wildman–Crippen MR) is 77.8 cm³/mol. The van der Waals surface area contributed by atoms with Crippen molar-refractivity contribution in [3.05, 3.63) is 58.0 Å². The highest BCUT2D eigenvalue weighted by Crippen LogP contribution is 2.37. The summed E-state index contributed by atoms with van der Waals surface area (Å²) in [6.07, 6.45) is 2.12. The Bertz CT molecular complexity index is 744. The molecule has 0 radical (unpaired) electrons. The van der Waals surface area contributed by atoms with Gasteiger partial charge >= 0.3 is 6.01 Å². The molecule has 1 fully saturated rings. The Hall–Kier alpha value is -2.18. The zero-order valence-corrected chi connectivity index (χ0v) is 11.9. The highest BCUT2D eigenvalue weighted by molar-refractivity contribution is 5.24. The van der Waals surface area contributed by atoms with Crippen molar-refractivity contribution in [3.63, 3.8) is 0 Å². The molecular formula is C16H16N2O4. The Morgan fingerprint density at radius 1 is 1.32 bits per heavy atom. The number of ether oxygens (including phenoxy) is 2. The van der Waals surface area contributed by atoms with E-state index < -0.39 is 0 Å². The summed E-state index contributed by atoms with van der Waals surface area (Å²) >= 11 is 0. The highest BCUT2D eigenvalue weighted by atomic mass is 16.6. The second kappa shape index (κ2) is 5.23. The maximum atomic E-state index is 12.2. The van der Waals surface area contributed by atoms with Crippen molar-refractivity contribution in [2.45, 2.75) is 31.3 Å². The number of aromatic nitrogens is 2. The van der Waals surface area contributed by atoms with Crippen LogP contribution in [0, 0.1) is 0 Å².